The lowest BCUT2D eigenvalue weighted by Crippen LogP contribution is -2.38. The summed E-state index contributed by atoms with van der Waals surface area (Å²) in [4.78, 5) is 27.5. The number of carbonyl (C=O) groups is 2. The standard InChI is InChI=1S/C22H26N2O2S/c1-16(25)23-20-9-5-17(6-10-20)14-24-13-3-4-19(15-24)22(26)18-7-11-21(27-2)12-8-18/h5-12,19H,3-4,13-15H2,1-2H3,(H,23,25). The average molecular weight is 383 g/mol. The number of nitrogens with zero attached hydrogens (tertiary/aromatic N) is 1. The van der Waals surface area contributed by atoms with E-state index in [-0.39, 0.29) is 17.6 Å². The fourth-order valence-electron chi connectivity index (χ4n) is 3.56. The van der Waals surface area contributed by atoms with Gasteiger partial charge in [0.05, 0.1) is 0 Å². The van der Waals surface area contributed by atoms with Crippen LogP contribution in [0.15, 0.2) is 53.4 Å². The van der Waals surface area contributed by atoms with Gasteiger partial charge in [0.15, 0.2) is 5.78 Å². The van der Waals surface area contributed by atoms with Crippen molar-refractivity contribution < 1.29 is 9.59 Å². The number of ketones is 1. The lowest BCUT2D eigenvalue weighted by Gasteiger charge is -2.32. The van der Waals surface area contributed by atoms with E-state index in [0.717, 1.165) is 43.7 Å². The van der Waals surface area contributed by atoms with E-state index in [1.54, 1.807) is 11.8 Å². The first-order valence-electron chi connectivity index (χ1n) is 9.32. The number of thioether (sulfide) groups is 1. The van der Waals surface area contributed by atoms with Gasteiger partial charge >= 0.3 is 0 Å². The highest BCUT2D eigenvalue weighted by Crippen LogP contribution is 2.24. The highest BCUT2D eigenvalue weighted by Gasteiger charge is 2.26. The Morgan fingerprint density at radius 2 is 1.81 bits per heavy atom. The summed E-state index contributed by atoms with van der Waals surface area (Å²) < 4.78 is 0. The van der Waals surface area contributed by atoms with E-state index < -0.39 is 0 Å². The Balaban J connectivity index is 1.60. The summed E-state index contributed by atoms with van der Waals surface area (Å²) >= 11 is 1.69. The van der Waals surface area contributed by atoms with Gasteiger partial charge in [-0.05, 0) is 55.5 Å². The predicted octanol–water partition coefficient (Wildman–Crippen LogP) is 4.46. The highest BCUT2D eigenvalue weighted by atomic mass is 32.2. The molecule has 0 radical (unpaired) electrons. The van der Waals surface area contributed by atoms with Crippen molar-refractivity contribution in [2.24, 2.45) is 5.92 Å². The molecule has 1 N–H and O–H groups in total. The number of piperidine rings is 1. The van der Waals surface area contributed by atoms with Crippen LogP contribution in [0.2, 0.25) is 0 Å². The van der Waals surface area contributed by atoms with E-state index in [9.17, 15) is 9.59 Å². The minimum atomic E-state index is -0.0642. The fourth-order valence-corrected chi connectivity index (χ4v) is 3.97. The number of carbonyl (C=O) groups excluding carboxylic acids is 2. The molecule has 0 aromatic heterocycles. The molecule has 1 amide bonds. The molecule has 27 heavy (non-hydrogen) atoms. The molecule has 0 saturated carbocycles. The quantitative estimate of drug-likeness (QED) is 0.592. The summed E-state index contributed by atoms with van der Waals surface area (Å²) in [5.74, 6) is 0.261. The minimum Gasteiger partial charge on any atom is -0.326 e. The van der Waals surface area contributed by atoms with Crippen molar-refractivity contribution in [2.45, 2.75) is 31.2 Å². The third-order valence-electron chi connectivity index (χ3n) is 4.93. The molecule has 1 aliphatic rings. The minimum absolute atomic E-state index is 0.0642. The van der Waals surface area contributed by atoms with Gasteiger partial charge in [0.1, 0.15) is 0 Å². The molecule has 1 atom stereocenters. The van der Waals surface area contributed by atoms with Crippen molar-refractivity contribution in [2.75, 3.05) is 24.7 Å². The first-order valence-corrected chi connectivity index (χ1v) is 10.5. The summed E-state index contributed by atoms with van der Waals surface area (Å²) in [5, 5.41) is 2.79. The van der Waals surface area contributed by atoms with Crippen LogP contribution >= 0.6 is 11.8 Å². The number of hydrogen-bond donors (Lipinski definition) is 1. The molecule has 1 fully saturated rings. The Morgan fingerprint density at radius 3 is 2.44 bits per heavy atom. The summed E-state index contributed by atoms with van der Waals surface area (Å²) in [6.45, 7) is 4.15. The summed E-state index contributed by atoms with van der Waals surface area (Å²) in [6, 6.07) is 15.9. The third-order valence-corrected chi connectivity index (χ3v) is 5.67. The maximum absolute atomic E-state index is 12.9. The van der Waals surface area contributed by atoms with Gasteiger partial charge in [0.25, 0.3) is 0 Å². The second-order valence-corrected chi connectivity index (χ2v) is 7.92. The van der Waals surface area contributed by atoms with Gasteiger partial charge < -0.3 is 5.32 Å². The molecule has 4 nitrogen and oxygen atoms in total. The van der Waals surface area contributed by atoms with Crippen LogP contribution in [0.3, 0.4) is 0 Å². The van der Waals surface area contributed by atoms with Gasteiger partial charge in [-0.3, -0.25) is 14.5 Å². The number of anilines is 1. The van der Waals surface area contributed by atoms with Gasteiger partial charge in [-0.2, -0.15) is 0 Å². The monoisotopic (exact) mass is 382 g/mol. The Kier molecular flexibility index (Phi) is 6.69. The largest absolute Gasteiger partial charge is 0.326 e. The van der Waals surface area contributed by atoms with Crippen LogP contribution in [0.5, 0.6) is 0 Å². The number of hydrogen-bond acceptors (Lipinski definition) is 4. The molecule has 1 heterocycles. The Bertz CT molecular complexity index is 787. The highest BCUT2D eigenvalue weighted by molar-refractivity contribution is 7.98. The maximum atomic E-state index is 12.9. The molecule has 0 bridgehead atoms. The Morgan fingerprint density at radius 1 is 1.11 bits per heavy atom. The third kappa shape index (κ3) is 5.44. The van der Waals surface area contributed by atoms with Crippen molar-refractivity contribution in [3.63, 3.8) is 0 Å². The summed E-state index contributed by atoms with van der Waals surface area (Å²) in [5.41, 5.74) is 2.83. The van der Waals surface area contributed by atoms with Gasteiger partial charge in [0.2, 0.25) is 5.91 Å². The van der Waals surface area contributed by atoms with Crippen LogP contribution in [0.1, 0.15) is 35.7 Å². The van der Waals surface area contributed by atoms with Gasteiger partial charge in [-0.25, -0.2) is 0 Å². The van der Waals surface area contributed by atoms with Crippen molar-refractivity contribution in [1.82, 2.24) is 4.90 Å². The molecule has 1 saturated heterocycles. The van der Waals surface area contributed by atoms with Crippen molar-refractivity contribution in [3.8, 4) is 0 Å². The molecule has 0 spiro atoms. The number of benzene rings is 2. The number of amides is 1. The molecule has 3 rings (SSSR count). The van der Waals surface area contributed by atoms with E-state index >= 15 is 0 Å². The van der Waals surface area contributed by atoms with Crippen LogP contribution in [-0.2, 0) is 11.3 Å². The maximum Gasteiger partial charge on any atom is 0.221 e. The predicted molar refractivity (Wildman–Crippen MR) is 111 cm³/mol. The van der Waals surface area contributed by atoms with Gasteiger partial charge in [-0.1, -0.05) is 24.3 Å². The zero-order chi connectivity index (χ0) is 19.2. The van der Waals surface area contributed by atoms with Crippen LogP contribution < -0.4 is 5.32 Å². The molecular weight excluding hydrogens is 356 g/mol. The number of likely N-dealkylation sites (tertiary alicyclic amines) is 1. The average Bonchev–Trinajstić information content (AvgIpc) is 2.69. The first kappa shape index (κ1) is 19.6. The molecule has 142 valence electrons. The number of Topliss-reactive ketones (excluding diaryl/α,β-unsaturated/α-hetero) is 1. The van der Waals surface area contributed by atoms with E-state index in [4.69, 9.17) is 0 Å². The van der Waals surface area contributed by atoms with Crippen LogP contribution in [0, 0.1) is 5.92 Å². The smallest absolute Gasteiger partial charge is 0.221 e. The topological polar surface area (TPSA) is 49.4 Å². The van der Waals surface area contributed by atoms with Crippen molar-refractivity contribution in [1.29, 1.82) is 0 Å². The fraction of sp³-hybridized carbons (Fsp3) is 0.364. The zero-order valence-electron chi connectivity index (χ0n) is 15.9. The summed E-state index contributed by atoms with van der Waals surface area (Å²) in [7, 11) is 0. The number of rotatable bonds is 6. The molecule has 1 unspecified atom stereocenters. The van der Waals surface area contributed by atoms with Gasteiger partial charge in [-0.15, -0.1) is 11.8 Å². The molecule has 2 aromatic rings. The molecule has 1 aliphatic heterocycles. The Hall–Kier alpha value is -2.11. The van der Waals surface area contributed by atoms with Gasteiger partial charge in [0, 0.05) is 42.1 Å². The molecule has 2 aromatic carbocycles. The van der Waals surface area contributed by atoms with Crippen molar-refractivity contribution >= 4 is 29.1 Å². The van der Waals surface area contributed by atoms with Crippen LogP contribution in [-0.4, -0.2) is 35.9 Å². The van der Waals surface area contributed by atoms with Crippen LogP contribution in [0.4, 0.5) is 5.69 Å². The number of nitrogens with one attached hydrogen (secondary N) is 1. The van der Waals surface area contributed by atoms with E-state index in [0.29, 0.717) is 0 Å². The lowest BCUT2D eigenvalue weighted by molar-refractivity contribution is -0.114. The normalized spacial score (nSPS) is 17.5. The SMILES string of the molecule is CSc1ccc(C(=O)C2CCCN(Cc3ccc(NC(C)=O)cc3)C2)cc1. The zero-order valence-corrected chi connectivity index (χ0v) is 16.7. The summed E-state index contributed by atoms with van der Waals surface area (Å²) in [6.07, 6.45) is 4.04. The van der Waals surface area contributed by atoms with Crippen LogP contribution in [0.25, 0.3) is 0 Å². The van der Waals surface area contributed by atoms with Crippen molar-refractivity contribution in [3.05, 3.63) is 59.7 Å². The lowest BCUT2D eigenvalue weighted by atomic mass is 9.90. The van der Waals surface area contributed by atoms with E-state index in [1.165, 1.54) is 17.4 Å². The van der Waals surface area contributed by atoms with E-state index in [2.05, 4.69) is 10.2 Å². The Labute approximate surface area is 165 Å². The first-order chi connectivity index (χ1) is 13.0. The molecular formula is C22H26N2O2S. The molecule has 0 aliphatic carbocycles. The second kappa shape index (κ2) is 9.20. The molecule has 5 heteroatoms. The van der Waals surface area contributed by atoms with E-state index in [1.807, 2.05) is 54.8 Å². The second-order valence-electron chi connectivity index (χ2n) is 7.05.